The number of benzene rings is 6. The Morgan fingerprint density at radius 1 is 0.568 bits per heavy atom. The second-order valence-electron chi connectivity index (χ2n) is 11.4. The molecule has 0 N–H and O–H groups in total. The summed E-state index contributed by atoms with van der Waals surface area (Å²) in [4.78, 5) is 2.42. The molecule has 0 atom stereocenters. The number of para-hydroxylation sites is 1. The van der Waals surface area contributed by atoms with Crippen LogP contribution in [0.2, 0.25) is 0 Å². The molecule has 180 valence electrons. The predicted molar refractivity (Wildman–Crippen MR) is 164 cm³/mol. The highest BCUT2D eigenvalue weighted by atomic mass is 15.1. The molecule has 37 heavy (non-hydrogen) atoms. The van der Waals surface area contributed by atoms with Crippen molar-refractivity contribution in [3.05, 3.63) is 102 Å². The van der Waals surface area contributed by atoms with Crippen molar-refractivity contribution in [2.24, 2.45) is 0 Å². The first-order valence-corrected chi connectivity index (χ1v) is 13.6. The summed E-state index contributed by atoms with van der Waals surface area (Å²) in [6.07, 6.45) is 0. The van der Waals surface area contributed by atoms with E-state index in [4.69, 9.17) is 0 Å². The van der Waals surface area contributed by atoms with E-state index in [1.807, 2.05) is 0 Å². The molecule has 6 aromatic rings. The molecule has 0 unspecified atom stereocenters. The Bertz CT molecular complexity index is 1800. The van der Waals surface area contributed by atoms with Crippen LogP contribution in [0.25, 0.3) is 32.3 Å². The van der Waals surface area contributed by atoms with E-state index >= 15 is 0 Å². The van der Waals surface area contributed by atoms with Gasteiger partial charge in [0.2, 0.25) is 6.71 Å². The lowest BCUT2D eigenvalue weighted by Crippen LogP contribution is -2.52. The van der Waals surface area contributed by atoms with Crippen molar-refractivity contribution >= 4 is 66.8 Å². The van der Waals surface area contributed by atoms with Gasteiger partial charge in [-0.3, -0.25) is 0 Å². The number of rotatable bonds is 3. The van der Waals surface area contributed by atoms with Crippen LogP contribution in [0.3, 0.4) is 0 Å². The fourth-order valence-corrected chi connectivity index (χ4v) is 6.87. The third-order valence-electron chi connectivity index (χ3n) is 8.61. The first kappa shape index (κ1) is 22.4. The summed E-state index contributed by atoms with van der Waals surface area (Å²) in [7, 11) is 2.24. The van der Waals surface area contributed by atoms with Crippen LogP contribution in [-0.2, 0) is 0 Å². The Kier molecular flexibility index (Phi) is 4.92. The summed E-state index contributed by atoms with van der Waals surface area (Å²) in [5.41, 5.74) is 9.64. The lowest BCUT2D eigenvalue weighted by molar-refractivity contribution is 0.847. The fraction of sp³-hybridized carbons (Fsp3) is 0.200. The number of hydrogen-bond acceptors (Lipinski definition) is 1. The average molecular weight is 477 g/mol. The van der Waals surface area contributed by atoms with Crippen LogP contribution in [0.5, 0.6) is 0 Å². The number of anilines is 2. The first-order chi connectivity index (χ1) is 18.0. The van der Waals surface area contributed by atoms with E-state index in [0.29, 0.717) is 11.8 Å². The largest absolute Gasteiger partial charge is 0.345 e. The van der Waals surface area contributed by atoms with Crippen LogP contribution >= 0.6 is 0 Å². The molecule has 0 fully saturated rings. The van der Waals surface area contributed by atoms with Crippen LogP contribution in [-0.4, -0.2) is 13.8 Å². The minimum atomic E-state index is 0.167. The third-order valence-corrected chi connectivity index (χ3v) is 8.61. The summed E-state index contributed by atoms with van der Waals surface area (Å²) < 4.78 is 0. The molecule has 1 aliphatic heterocycles. The number of fused-ring (bicyclic) bond motifs is 1. The third kappa shape index (κ3) is 3.11. The first-order valence-electron chi connectivity index (χ1n) is 13.6. The van der Waals surface area contributed by atoms with E-state index in [0.717, 1.165) is 0 Å². The molecule has 0 spiro atoms. The normalized spacial score (nSPS) is 13.4. The average Bonchev–Trinajstić information content (AvgIpc) is 3.01. The SMILES string of the molecule is CC(C)c1cc(C(C)C)c2cc3c4c(ccc5ccc1c2c54)N(C)c1ccccc1B3c1ccccc1. The van der Waals surface area contributed by atoms with Gasteiger partial charge in [-0.1, -0.05) is 117 Å². The molecule has 2 heteroatoms. The van der Waals surface area contributed by atoms with Crippen molar-refractivity contribution < 1.29 is 0 Å². The van der Waals surface area contributed by atoms with Crippen LogP contribution in [0.1, 0.15) is 50.7 Å². The van der Waals surface area contributed by atoms with Gasteiger partial charge < -0.3 is 4.90 Å². The summed E-state index contributed by atoms with van der Waals surface area (Å²) >= 11 is 0. The Balaban J connectivity index is 1.75. The van der Waals surface area contributed by atoms with E-state index in [2.05, 4.69) is 131 Å². The summed E-state index contributed by atoms with van der Waals surface area (Å²) in [6.45, 7) is 9.52. The van der Waals surface area contributed by atoms with Crippen LogP contribution in [0, 0.1) is 0 Å². The monoisotopic (exact) mass is 477 g/mol. The molecule has 0 saturated carbocycles. The zero-order chi connectivity index (χ0) is 25.4. The molecule has 1 nitrogen and oxygen atoms in total. The highest BCUT2D eigenvalue weighted by molar-refractivity contribution is 6.98. The summed E-state index contributed by atoms with van der Waals surface area (Å²) in [5, 5.41) is 8.43. The summed E-state index contributed by atoms with van der Waals surface area (Å²) in [6, 6.07) is 34.5. The molecule has 0 saturated heterocycles. The van der Waals surface area contributed by atoms with Crippen molar-refractivity contribution in [3.8, 4) is 0 Å². The zero-order valence-electron chi connectivity index (χ0n) is 22.3. The number of hydrogen-bond donors (Lipinski definition) is 0. The number of nitrogens with zero attached hydrogens (tertiary/aromatic N) is 1. The summed E-state index contributed by atoms with van der Waals surface area (Å²) in [5.74, 6) is 0.922. The van der Waals surface area contributed by atoms with Crippen molar-refractivity contribution in [1.29, 1.82) is 0 Å². The highest BCUT2D eigenvalue weighted by Crippen LogP contribution is 2.44. The molecule has 0 amide bonds. The van der Waals surface area contributed by atoms with Crippen LogP contribution < -0.4 is 21.3 Å². The van der Waals surface area contributed by atoms with Gasteiger partial charge in [-0.15, -0.1) is 0 Å². The molecule has 0 bridgehead atoms. The minimum Gasteiger partial charge on any atom is -0.345 e. The molecule has 0 aliphatic carbocycles. The van der Waals surface area contributed by atoms with Gasteiger partial charge in [0.05, 0.1) is 0 Å². The van der Waals surface area contributed by atoms with Gasteiger partial charge >= 0.3 is 0 Å². The van der Waals surface area contributed by atoms with Gasteiger partial charge in [0, 0.05) is 23.8 Å². The fourth-order valence-electron chi connectivity index (χ4n) is 6.87. The maximum Gasteiger partial charge on any atom is 0.244 e. The molecule has 0 radical (unpaired) electrons. The van der Waals surface area contributed by atoms with Crippen molar-refractivity contribution in [2.75, 3.05) is 11.9 Å². The van der Waals surface area contributed by atoms with E-state index in [1.54, 1.807) is 0 Å². The molecular weight excluding hydrogens is 445 g/mol. The van der Waals surface area contributed by atoms with Crippen LogP contribution in [0.4, 0.5) is 11.4 Å². The molecular formula is C35H32BN. The zero-order valence-corrected chi connectivity index (χ0v) is 22.3. The quantitative estimate of drug-likeness (QED) is 0.189. The molecule has 0 aromatic heterocycles. The molecule has 6 aromatic carbocycles. The Morgan fingerprint density at radius 3 is 2.00 bits per heavy atom. The van der Waals surface area contributed by atoms with E-state index in [1.165, 1.54) is 71.2 Å². The Labute approximate surface area is 220 Å². The van der Waals surface area contributed by atoms with Gasteiger partial charge in [-0.25, -0.2) is 0 Å². The van der Waals surface area contributed by atoms with Gasteiger partial charge in [0.15, 0.2) is 0 Å². The van der Waals surface area contributed by atoms with Gasteiger partial charge in [-0.05, 0) is 67.5 Å². The van der Waals surface area contributed by atoms with Crippen molar-refractivity contribution in [1.82, 2.24) is 0 Å². The predicted octanol–water partition coefficient (Wildman–Crippen LogP) is 7.43. The van der Waals surface area contributed by atoms with Gasteiger partial charge in [-0.2, -0.15) is 0 Å². The van der Waals surface area contributed by atoms with Crippen LogP contribution in [0.15, 0.2) is 91.0 Å². The minimum absolute atomic E-state index is 0.167. The standard InChI is InChI=1S/C35H32BN/c1-21(2)26-19-27(22(3)4)28-20-30-35-32(18-16-23-15-17-25(26)34(28)33(23)35)37(5)31-14-10-9-13-29(31)36(30)24-11-7-6-8-12-24/h6-22H,1-5H3. The lowest BCUT2D eigenvalue weighted by Gasteiger charge is -2.25. The smallest absolute Gasteiger partial charge is 0.244 e. The topological polar surface area (TPSA) is 3.24 Å². The maximum absolute atomic E-state index is 2.56. The maximum atomic E-state index is 2.56. The Hall–Kier alpha value is -3.78. The highest BCUT2D eigenvalue weighted by Gasteiger charge is 2.33. The van der Waals surface area contributed by atoms with E-state index < -0.39 is 0 Å². The molecule has 1 heterocycles. The second-order valence-corrected chi connectivity index (χ2v) is 11.4. The van der Waals surface area contributed by atoms with E-state index in [9.17, 15) is 0 Å². The van der Waals surface area contributed by atoms with Gasteiger partial charge in [0.25, 0.3) is 0 Å². The lowest BCUT2D eigenvalue weighted by atomic mass is 9.36. The second kappa shape index (κ2) is 8.11. The van der Waals surface area contributed by atoms with Crippen molar-refractivity contribution in [2.45, 2.75) is 39.5 Å². The van der Waals surface area contributed by atoms with Gasteiger partial charge in [0.1, 0.15) is 0 Å². The van der Waals surface area contributed by atoms with E-state index in [-0.39, 0.29) is 6.71 Å². The molecule has 7 rings (SSSR count). The Morgan fingerprint density at radius 2 is 1.24 bits per heavy atom. The molecule has 1 aliphatic rings. The van der Waals surface area contributed by atoms with Crippen molar-refractivity contribution in [3.63, 3.8) is 0 Å².